The second kappa shape index (κ2) is 8.17. The number of carbonyl (C=O) groups excluding carboxylic acids is 2. The zero-order valence-corrected chi connectivity index (χ0v) is 17.7. The van der Waals surface area contributed by atoms with E-state index in [1.165, 1.54) is 6.42 Å². The van der Waals surface area contributed by atoms with Crippen molar-refractivity contribution in [2.75, 3.05) is 26.2 Å². The number of amides is 2. The molecule has 2 aliphatic heterocycles. The van der Waals surface area contributed by atoms with Gasteiger partial charge in [-0.15, -0.1) is 0 Å². The Hall–Kier alpha value is -2.36. The Morgan fingerprint density at radius 2 is 1.79 bits per heavy atom. The topological polar surface area (TPSA) is 40.6 Å². The molecular weight excluding hydrogens is 360 g/mol. The smallest absolute Gasteiger partial charge is 0.254 e. The van der Waals surface area contributed by atoms with E-state index < -0.39 is 0 Å². The Morgan fingerprint density at radius 3 is 2.62 bits per heavy atom. The van der Waals surface area contributed by atoms with Crippen LogP contribution in [0.1, 0.15) is 56.3 Å². The summed E-state index contributed by atoms with van der Waals surface area (Å²) < 4.78 is 0. The first-order chi connectivity index (χ1) is 14.0. The molecule has 2 aliphatic rings. The van der Waals surface area contributed by atoms with Crippen LogP contribution in [0, 0.1) is 11.3 Å². The van der Waals surface area contributed by atoms with E-state index in [1.54, 1.807) is 0 Å². The second-order valence-electron chi connectivity index (χ2n) is 9.14. The summed E-state index contributed by atoms with van der Waals surface area (Å²) in [6.45, 7) is 7.51. The van der Waals surface area contributed by atoms with Gasteiger partial charge in [0.25, 0.3) is 5.91 Å². The van der Waals surface area contributed by atoms with Gasteiger partial charge in [-0.3, -0.25) is 9.59 Å². The number of nitrogens with zero attached hydrogens (tertiary/aromatic N) is 2. The van der Waals surface area contributed by atoms with E-state index in [-0.39, 0.29) is 23.1 Å². The lowest BCUT2D eigenvalue weighted by atomic mass is 9.79. The Labute approximate surface area is 173 Å². The average molecular weight is 393 g/mol. The Kier molecular flexibility index (Phi) is 5.62. The number of rotatable bonds is 3. The van der Waals surface area contributed by atoms with E-state index in [1.807, 2.05) is 47.4 Å². The van der Waals surface area contributed by atoms with Gasteiger partial charge in [-0.05, 0) is 54.4 Å². The molecule has 0 N–H and O–H groups in total. The molecule has 2 fully saturated rings. The third kappa shape index (κ3) is 4.03. The van der Waals surface area contributed by atoms with Crippen LogP contribution in [0.25, 0.3) is 10.8 Å². The fraction of sp³-hybridized carbons (Fsp3) is 0.520. The number of likely N-dealkylation sites (tertiary alicyclic amines) is 2. The molecule has 4 rings (SSSR count). The lowest BCUT2D eigenvalue weighted by Gasteiger charge is -2.42. The van der Waals surface area contributed by atoms with Crippen molar-refractivity contribution in [1.82, 2.24) is 9.80 Å². The molecule has 2 aromatic carbocycles. The standard InChI is InChI=1S/C25H32N2O2/c1-3-25(2)14-8-16-27(18-25)23(28)20-11-7-15-26(17-20)24(29)22-13-6-10-19-9-4-5-12-21(19)22/h4-6,9-10,12-13,20H,3,7-8,11,14-18H2,1-2H3/t20-,25+/m0/s1. The van der Waals surface area contributed by atoms with Crippen molar-refractivity contribution in [2.24, 2.45) is 11.3 Å². The minimum atomic E-state index is -0.0677. The summed E-state index contributed by atoms with van der Waals surface area (Å²) in [7, 11) is 0. The molecule has 4 nitrogen and oxygen atoms in total. The zero-order chi connectivity index (χ0) is 20.4. The fourth-order valence-electron chi connectivity index (χ4n) is 5.00. The summed E-state index contributed by atoms with van der Waals surface area (Å²) in [5.74, 6) is 0.234. The Balaban J connectivity index is 1.49. The molecule has 0 aromatic heterocycles. The number of benzene rings is 2. The molecule has 2 amide bonds. The molecule has 2 saturated heterocycles. The molecule has 2 heterocycles. The largest absolute Gasteiger partial charge is 0.342 e. The van der Waals surface area contributed by atoms with Gasteiger partial charge in [-0.25, -0.2) is 0 Å². The van der Waals surface area contributed by atoms with Gasteiger partial charge in [0.1, 0.15) is 0 Å². The summed E-state index contributed by atoms with van der Waals surface area (Å²) in [5, 5.41) is 2.07. The van der Waals surface area contributed by atoms with Gasteiger partial charge < -0.3 is 9.80 Å². The lowest BCUT2D eigenvalue weighted by Crippen LogP contribution is -2.51. The van der Waals surface area contributed by atoms with Crippen molar-refractivity contribution in [2.45, 2.75) is 46.0 Å². The SMILES string of the molecule is CC[C@]1(C)CCCN(C(=O)[C@H]2CCCN(C(=O)c3cccc4ccccc34)C2)C1. The third-order valence-electron chi connectivity index (χ3n) is 7.02. The molecule has 0 aliphatic carbocycles. The van der Waals surface area contributed by atoms with E-state index >= 15 is 0 Å². The van der Waals surface area contributed by atoms with Crippen molar-refractivity contribution in [3.8, 4) is 0 Å². The van der Waals surface area contributed by atoms with E-state index in [4.69, 9.17) is 0 Å². The van der Waals surface area contributed by atoms with Crippen molar-refractivity contribution >= 4 is 22.6 Å². The number of piperidine rings is 2. The van der Waals surface area contributed by atoms with Crippen molar-refractivity contribution in [3.05, 3.63) is 48.0 Å². The lowest BCUT2D eigenvalue weighted by molar-refractivity contribution is -0.140. The third-order valence-corrected chi connectivity index (χ3v) is 7.02. The number of hydrogen-bond acceptors (Lipinski definition) is 2. The van der Waals surface area contributed by atoms with Crippen molar-refractivity contribution in [1.29, 1.82) is 0 Å². The molecule has 4 heteroatoms. The molecular formula is C25H32N2O2. The van der Waals surface area contributed by atoms with Gasteiger partial charge >= 0.3 is 0 Å². The first-order valence-electron chi connectivity index (χ1n) is 11.1. The summed E-state index contributed by atoms with van der Waals surface area (Å²) in [5.41, 5.74) is 0.980. The van der Waals surface area contributed by atoms with Gasteiger partial charge in [0.15, 0.2) is 0 Å². The van der Waals surface area contributed by atoms with Crippen LogP contribution in [0.15, 0.2) is 42.5 Å². The molecule has 29 heavy (non-hydrogen) atoms. The van der Waals surface area contributed by atoms with Crippen molar-refractivity contribution in [3.63, 3.8) is 0 Å². The highest BCUT2D eigenvalue weighted by molar-refractivity contribution is 6.07. The van der Waals surface area contributed by atoms with Crippen LogP contribution in [0.4, 0.5) is 0 Å². The maximum absolute atomic E-state index is 13.3. The molecule has 154 valence electrons. The first kappa shape index (κ1) is 19.9. The van der Waals surface area contributed by atoms with Crippen LogP contribution in [0.2, 0.25) is 0 Å². The number of hydrogen-bond donors (Lipinski definition) is 0. The number of fused-ring (bicyclic) bond motifs is 1. The van der Waals surface area contributed by atoms with Gasteiger partial charge in [0, 0.05) is 31.7 Å². The highest BCUT2D eigenvalue weighted by Crippen LogP contribution is 2.34. The van der Waals surface area contributed by atoms with Gasteiger partial charge in [0.05, 0.1) is 5.92 Å². The molecule has 0 unspecified atom stereocenters. The summed E-state index contributed by atoms with van der Waals surface area (Å²) in [6.07, 6.45) is 5.17. The van der Waals surface area contributed by atoms with E-state index in [0.29, 0.717) is 6.54 Å². The van der Waals surface area contributed by atoms with Crippen LogP contribution >= 0.6 is 0 Å². The fourth-order valence-corrected chi connectivity index (χ4v) is 5.00. The molecule has 2 aromatic rings. The molecule has 0 saturated carbocycles. The molecule has 0 bridgehead atoms. The zero-order valence-electron chi connectivity index (χ0n) is 17.7. The quantitative estimate of drug-likeness (QED) is 0.758. The van der Waals surface area contributed by atoms with E-state index in [0.717, 1.165) is 61.7 Å². The minimum absolute atomic E-state index is 0.0522. The van der Waals surface area contributed by atoms with Crippen LogP contribution in [0.5, 0.6) is 0 Å². The highest BCUT2D eigenvalue weighted by atomic mass is 16.2. The Bertz CT molecular complexity index is 903. The molecule has 0 spiro atoms. The van der Waals surface area contributed by atoms with E-state index in [9.17, 15) is 9.59 Å². The summed E-state index contributed by atoms with van der Waals surface area (Å²) in [4.78, 5) is 30.5. The molecule has 0 radical (unpaired) electrons. The predicted molar refractivity (Wildman–Crippen MR) is 117 cm³/mol. The summed E-state index contributed by atoms with van der Waals surface area (Å²) in [6, 6.07) is 13.9. The normalized spacial score (nSPS) is 25.2. The highest BCUT2D eigenvalue weighted by Gasteiger charge is 2.36. The van der Waals surface area contributed by atoms with Crippen LogP contribution in [-0.4, -0.2) is 47.8 Å². The van der Waals surface area contributed by atoms with Gasteiger partial charge in [-0.2, -0.15) is 0 Å². The maximum atomic E-state index is 13.3. The predicted octanol–water partition coefficient (Wildman–Crippen LogP) is 4.73. The Morgan fingerprint density at radius 1 is 1.03 bits per heavy atom. The van der Waals surface area contributed by atoms with Crippen LogP contribution in [-0.2, 0) is 4.79 Å². The molecule has 2 atom stereocenters. The minimum Gasteiger partial charge on any atom is -0.342 e. The van der Waals surface area contributed by atoms with Gasteiger partial charge in [0.2, 0.25) is 5.91 Å². The van der Waals surface area contributed by atoms with E-state index in [2.05, 4.69) is 18.7 Å². The summed E-state index contributed by atoms with van der Waals surface area (Å²) >= 11 is 0. The first-order valence-corrected chi connectivity index (χ1v) is 11.1. The maximum Gasteiger partial charge on any atom is 0.254 e. The monoisotopic (exact) mass is 392 g/mol. The van der Waals surface area contributed by atoms with Gasteiger partial charge in [-0.1, -0.05) is 50.2 Å². The number of carbonyl (C=O) groups is 2. The van der Waals surface area contributed by atoms with Crippen LogP contribution < -0.4 is 0 Å². The average Bonchev–Trinajstić information content (AvgIpc) is 2.78. The van der Waals surface area contributed by atoms with Crippen molar-refractivity contribution < 1.29 is 9.59 Å². The second-order valence-corrected chi connectivity index (χ2v) is 9.14. The van der Waals surface area contributed by atoms with Crippen LogP contribution in [0.3, 0.4) is 0 Å².